The van der Waals surface area contributed by atoms with Gasteiger partial charge >= 0.3 is 0 Å². The molecule has 0 radical (unpaired) electrons. The minimum atomic E-state index is -0.00603. The summed E-state index contributed by atoms with van der Waals surface area (Å²) in [5.41, 5.74) is 3.70. The highest BCUT2D eigenvalue weighted by atomic mass is 79.9. The van der Waals surface area contributed by atoms with Crippen molar-refractivity contribution in [2.45, 2.75) is 0 Å². The molecule has 2 aromatic heterocycles. The summed E-state index contributed by atoms with van der Waals surface area (Å²) in [4.78, 5) is 12.5. The van der Waals surface area contributed by atoms with Crippen molar-refractivity contribution in [2.24, 2.45) is 0 Å². The van der Waals surface area contributed by atoms with Crippen LogP contribution < -0.4 is 0 Å². The first-order chi connectivity index (χ1) is 14.1. The highest BCUT2D eigenvalue weighted by molar-refractivity contribution is 9.10. The van der Waals surface area contributed by atoms with Crippen molar-refractivity contribution in [3.8, 4) is 16.9 Å². The third-order valence-corrected chi connectivity index (χ3v) is 6.51. The number of pyridine rings is 1. The molecule has 4 rings (SSSR count). The second-order valence-electron chi connectivity index (χ2n) is 6.40. The summed E-state index contributed by atoms with van der Waals surface area (Å²) >= 11 is 10.2. The maximum absolute atomic E-state index is 12.5. The maximum Gasteiger partial charge on any atom is 0.173 e. The Morgan fingerprint density at radius 3 is 2.41 bits per heavy atom. The molecule has 1 N–H and O–H groups in total. The number of hydrogen-bond donors (Lipinski definition) is 1. The van der Waals surface area contributed by atoms with Gasteiger partial charge in [0.15, 0.2) is 11.5 Å². The molecular weight excluding hydrogens is 466 g/mol. The van der Waals surface area contributed by atoms with E-state index in [-0.39, 0.29) is 17.3 Å². The molecule has 4 aromatic rings. The number of carbonyl (C=O) groups excluding carboxylic acids is 1. The van der Waals surface area contributed by atoms with E-state index >= 15 is 0 Å². The Morgan fingerprint density at radius 1 is 1.00 bits per heavy atom. The van der Waals surface area contributed by atoms with Gasteiger partial charge in [0.1, 0.15) is 5.69 Å². The molecule has 0 bridgehead atoms. The van der Waals surface area contributed by atoms with Crippen molar-refractivity contribution in [3.05, 3.63) is 94.7 Å². The summed E-state index contributed by atoms with van der Waals surface area (Å²) < 4.78 is 3.29. The second-order valence-corrected chi connectivity index (χ2v) is 8.97. The van der Waals surface area contributed by atoms with Crippen LogP contribution >= 0.6 is 39.9 Å². The van der Waals surface area contributed by atoms with Crippen LogP contribution in [0.3, 0.4) is 0 Å². The van der Waals surface area contributed by atoms with Gasteiger partial charge in [-0.25, -0.2) is 0 Å². The van der Waals surface area contributed by atoms with E-state index < -0.39 is 0 Å². The molecule has 3 nitrogen and oxygen atoms in total. The van der Waals surface area contributed by atoms with Crippen LogP contribution in [-0.2, 0) is 0 Å². The fourth-order valence-corrected chi connectivity index (χ4v) is 4.60. The lowest BCUT2D eigenvalue weighted by Gasteiger charge is -2.06. The maximum atomic E-state index is 12.5. The van der Waals surface area contributed by atoms with Crippen molar-refractivity contribution in [1.82, 2.24) is 4.40 Å². The Labute approximate surface area is 186 Å². The standard InChI is InChI=1S/C23H16BrNO2S2/c24-17-11-9-15(10-12-17)19(26)14-29-23(28)21-22(27)20(16-6-2-1-3-7-16)18-8-4-5-13-25(18)21/h1-13,27H,14H2. The van der Waals surface area contributed by atoms with Crippen molar-refractivity contribution in [2.75, 3.05) is 5.75 Å². The lowest BCUT2D eigenvalue weighted by molar-refractivity contribution is 0.102. The Balaban J connectivity index is 1.65. The summed E-state index contributed by atoms with van der Waals surface area (Å²) in [5, 5.41) is 11.0. The molecule has 2 heterocycles. The number of benzene rings is 2. The van der Waals surface area contributed by atoms with Crippen LogP contribution in [-0.4, -0.2) is 25.2 Å². The smallest absolute Gasteiger partial charge is 0.173 e. The summed E-state index contributed by atoms with van der Waals surface area (Å²) in [6.07, 6.45) is 1.88. The van der Waals surface area contributed by atoms with E-state index in [0.29, 0.717) is 15.5 Å². The molecular formula is C23H16BrNO2S2. The zero-order chi connectivity index (χ0) is 20.4. The quantitative estimate of drug-likeness (QED) is 0.265. The van der Waals surface area contributed by atoms with Crippen LogP contribution in [0.2, 0.25) is 0 Å². The van der Waals surface area contributed by atoms with E-state index in [1.54, 1.807) is 12.1 Å². The van der Waals surface area contributed by atoms with Gasteiger partial charge in [0.25, 0.3) is 0 Å². The molecule has 0 aliphatic heterocycles. The molecule has 0 amide bonds. The number of aromatic nitrogens is 1. The zero-order valence-electron chi connectivity index (χ0n) is 15.2. The van der Waals surface area contributed by atoms with Crippen molar-refractivity contribution in [3.63, 3.8) is 0 Å². The molecule has 0 aliphatic carbocycles. The van der Waals surface area contributed by atoms with E-state index in [1.165, 1.54) is 11.8 Å². The van der Waals surface area contributed by atoms with Gasteiger partial charge < -0.3 is 9.51 Å². The average molecular weight is 482 g/mol. The lowest BCUT2D eigenvalue weighted by atomic mass is 10.1. The van der Waals surface area contributed by atoms with Crippen LogP contribution in [0, 0.1) is 0 Å². The number of thioether (sulfide) groups is 1. The van der Waals surface area contributed by atoms with Crippen molar-refractivity contribution in [1.29, 1.82) is 0 Å². The number of rotatable bonds is 5. The minimum absolute atomic E-state index is 0.00603. The first-order valence-corrected chi connectivity index (χ1v) is 11.1. The van der Waals surface area contributed by atoms with Crippen LogP contribution in [0.15, 0.2) is 83.5 Å². The fraction of sp³-hybridized carbons (Fsp3) is 0.0435. The van der Waals surface area contributed by atoms with E-state index in [1.807, 2.05) is 71.3 Å². The van der Waals surface area contributed by atoms with Crippen LogP contribution in [0.4, 0.5) is 0 Å². The number of thiocarbonyl (C=S) groups is 1. The third-order valence-electron chi connectivity index (χ3n) is 4.57. The molecule has 0 spiro atoms. The molecule has 6 heteroatoms. The normalized spacial score (nSPS) is 10.9. The van der Waals surface area contributed by atoms with E-state index in [2.05, 4.69) is 15.9 Å². The molecule has 29 heavy (non-hydrogen) atoms. The van der Waals surface area contributed by atoms with Crippen LogP contribution in [0.5, 0.6) is 5.75 Å². The number of aromatic hydroxyl groups is 1. The molecule has 0 fully saturated rings. The molecule has 0 atom stereocenters. The summed E-state index contributed by atoms with van der Waals surface area (Å²) in [7, 11) is 0. The summed E-state index contributed by atoms with van der Waals surface area (Å²) in [6, 6.07) is 22.8. The van der Waals surface area contributed by atoms with Gasteiger partial charge in [-0.1, -0.05) is 76.7 Å². The van der Waals surface area contributed by atoms with Gasteiger partial charge in [0.05, 0.1) is 15.5 Å². The number of carbonyl (C=O) groups is 1. The molecule has 2 aromatic carbocycles. The Bertz CT molecular complexity index is 1200. The SMILES string of the molecule is O=C(CSC(=S)c1c(O)c(-c2ccccc2)c2ccccn12)c1ccc(Br)cc1. The van der Waals surface area contributed by atoms with Gasteiger partial charge in [-0.3, -0.25) is 4.79 Å². The van der Waals surface area contributed by atoms with Crippen molar-refractivity contribution >= 4 is 55.4 Å². The van der Waals surface area contributed by atoms with E-state index in [0.717, 1.165) is 21.1 Å². The number of Topliss-reactive ketones (excluding diaryl/α,β-unsaturated/α-hetero) is 1. The van der Waals surface area contributed by atoms with Gasteiger partial charge in [-0.05, 0) is 29.8 Å². The lowest BCUT2D eigenvalue weighted by Crippen LogP contribution is -2.06. The molecule has 0 saturated heterocycles. The predicted octanol–water partition coefficient (Wildman–Crippen LogP) is 6.37. The predicted molar refractivity (Wildman–Crippen MR) is 127 cm³/mol. The van der Waals surface area contributed by atoms with Gasteiger partial charge in [-0.2, -0.15) is 0 Å². The second kappa shape index (κ2) is 8.53. The molecule has 0 aliphatic rings. The monoisotopic (exact) mass is 481 g/mol. The third kappa shape index (κ3) is 4.01. The highest BCUT2D eigenvalue weighted by Crippen LogP contribution is 2.40. The topological polar surface area (TPSA) is 41.7 Å². The van der Waals surface area contributed by atoms with Crippen molar-refractivity contribution < 1.29 is 9.90 Å². The van der Waals surface area contributed by atoms with Crippen LogP contribution in [0.25, 0.3) is 16.6 Å². The minimum Gasteiger partial charge on any atom is -0.505 e. The summed E-state index contributed by atoms with van der Waals surface area (Å²) in [5.74, 6) is 0.338. The molecule has 0 unspecified atom stereocenters. The highest BCUT2D eigenvalue weighted by Gasteiger charge is 2.22. The van der Waals surface area contributed by atoms with Gasteiger partial charge in [-0.15, -0.1) is 11.8 Å². The molecule has 0 saturated carbocycles. The van der Waals surface area contributed by atoms with Crippen LogP contribution in [0.1, 0.15) is 16.1 Å². The van der Waals surface area contributed by atoms with E-state index in [9.17, 15) is 9.90 Å². The van der Waals surface area contributed by atoms with Gasteiger partial charge in [0, 0.05) is 21.8 Å². The Kier molecular flexibility index (Phi) is 5.85. The number of fused-ring (bicyclic) bond motifs is 1. The zero-order valence-corrected chi connectivity index (χ0v) is 18.4. The van der Waals surface area contributed by atoms with Gasteiger partial charge in [0.2, 0.25) is 0 Å². The van der Waals surface area contributed by atoms with E-state index in [4.69, 9.17) is 12.2 Å². The summed E-state index contributed by atoms with van der Waals surface area (Å²) in [6.45, 7) is 0. The number of nitrogens with zero attached hydrogens (tertiary/aromatic N) is 1. The Hall–Kier alpha value is -2.41. The Morgan fingerprint density at radius 2 is 1.69 bits per heavy atom. The number of ketones is 1. The first-order valence-electron chi connectivity index (χ1n) is 8.89. The first kappa shape index (κ1) is 19.9. The number of hydrogen-bond acceptors (Lipinski definition) is 4. The number of halogens is 1. The average Bonchev–Trinajstić information content (AvgIpc) is 3.04. The largest absolute Gasteiger partial charge is 0.505 e. The fourth-order valence-electron chi connectivity index (χ4n) is 3.20. The molecule has 144 valence electrons.